The Hall–Kier alpha value is -2.73. The molecular weight excluding hydrogens is 342 g/mol. The number of amides is 1. The van der Waals surface area contributed by atoms with Gasteiger partial charge in [0.1, 0.15) is 0 Å². The first-order chi connectivity index (χ1) is 12.7. The van der Waals surface area contributed by atoms with Crippen LogP contribution in [0, 0.1) is 10.1 Å². The van der Waals surface area contributed by atoms with Gasteiger partial charge in [-0.2, -0.15) is 0 Å². The van der Waals surface area contributed by atoms with E-state index in [1.807, 2.05) is 51.1 Å². The summed E-state index contributed by atoms with van der Waals surface area (Å²) in [6.45, 7) is 6.70. The largest absolute Gasteiger partial charge is 0.336 e. The molecule has 1 aliphatic heterocycles. The number of carbonyl (C=O) groups excluding carboxylic acids is 1. The topological polar surface area (TPSA) is 89.5 Å². The molecule has 6 nitrogen and oxygen atoms in total. The molecule has 0 saturated carbocycles. The summed E-state index contributed by atoms with van der Waals surface area (Å²) in [5.41, 5.74) is 7.93. The molecule has 0 unspecified atom stereocenters. The van der Waals surface area contributed by atoms with Gasteiger partial charge >= 0.3 is 0 Å². The van der Waals surface area contributed by atoms with Crippen molar-refractivity contribution in [2.24, 2.45) is 5.73 Å². The molecule has 2 aromatic carbocycles. The predicted molar refractivity (Wildman–Crippen MR) is 105 cm³/mol. The van der Waals surface area contributed by atoms with Crippen molar-refractivity contribution in [2.45, 2.75) is 38.1 Å². The Morgan fingerprint density at radius 2 is 1.81 bits per heavy atom. The standard InChI is InChI=1S/C21H25N3O3/c1-21(2,3)17-10-9-15(11-19(17)24(26)27)20(25)23-12-16(18(22)13-23)14-7-5-4-6-8-14/h4-11,16,18H,12-13,22H2,1-3H3/t16-,18+/m0/s1. The van der Waals surface area contributed by atoms with Crippen LogP contribution in [0.3, 0.4) is 0 Å². The van der Waals surface area contributed by atoms with Crippen LogP contribution < -0.4 is 5.73 Å². The summed E-state index contributed by atoms with van der Waals surface area (Å²) in [6.07, 6.45) is 0. The SMILES string of the molecule is CC(C)(C)c1ccc(C(=O)N2C[C@@H](N)[C@H](c3ccccc3)C2)cc1[N+](=O)[O-]. The number of nitro groups is 1. The van der Waals surface area contributed by atoms with Gasteiger partial charge in [0, 0.05) is 42.2 Å². The molecule has 27 heavy (non-hydrogen) atoms. The van der Waals surface area contributed by atoms with Gasteiger partial charge in [0.2, 0.25) is 0 Å². The molecule has 1 aliphatic rings. The monoisotopic (exact) mass is 367 g/mol. The second kappa shape index (κ2) is 7.12. The van der Waals surface area contributed by atoms with Crippen molar-refractivity contribution < 1.29 is 9.72 Å². The molecule has 0 spiro atoms. The Balaban J connectivity index is 1.86. The molecule has 0 aliphatic carbocycles. The van der Waals surface area contributed by atoms with Gasteiger partial charge in [-0.3, -0.25) is 14.9 Å². The maximum atomic E-state index is 13.0. The molecule has 0 bridgehead atoms. The third-order valence-corrected chi connectivity index (χ3v) is 5.13. The van der Waals surface area contributed by atoms with E-state index in [1.54, 1.807) is 17.0 Å². The van der Waals surface area contributed by atoms with E-state index in [2.05, 4.69) is 0 Å². The number of likely N-dealkylation sites (tertiary alicyclic amines) is 1. The second-order valence-electron chi connectivity index (χ2n) is 8.13. The van der Waals surface area contributed by atoms with E-state index < -0.39 is 4.92 Å². The second-order valence-corrected chi connectivity index (χ2v) is 8.13. The molecule has 1 heterocycles. The third-order valence-electron chi connectivity index (χ3n) is 5.13. The Morgan fingerprint density at radius 3 is 2.41 bits per heavy atom. The van der Waals surface area contributed by atoms with Gasteiger partial charge in [0.05, 0.1) is 4.92 Å². The first-order valence-electron chi connectivity index (χ1n) is 9.07. The lowest BCUT2D eigenvalue weighted by Crippen LogP contribution is -2.32. The molecule has 6 heteroatoms. The van der Waals surface area contributed by atoms with E-state index in [4.69, 9.17) is 5.73 Å². The summed E-state index contributed by atoms with van der Waals surface area (Å²) in [6, 6.07) is 14.5. The van der Waals surface area contributed by atoms with E-state index in [0.717, 1.165) is 5.56 Å². The minimum atomic E-state index is -0.417. The maximum absolute atomic E-state index is 13.0. The summed E-state index contributed by atoms with van der Waals surface area (Å²) in [5, 5.41) is 11.5. The molecule has 0 aromatic heterocycles. The highest BCUT2D eigenvalue weighted by atomic mass is 16.6. The molecular formula is C21H25N3O3. The zero-order valence-electron chi connectivity index (χ0n) is 15.9. The summed E-state index contributed by atoms with van der Waals surface area (Å²) >= 11 is 0. The van der Waals surface area contributed by atoms with Crippen LogP contribution in [0.1, 0.15) is 48.2 Å². The number of benzene rings is 2. The number of hydrogen-bond acceptors (Lipinski definition) is 4. The smallest absolute Gasteiger partial charge is 0.273 e. The van der Waals surface area contributed by atoms with Crippen LogP contribution in [-0.2, 0) is 5.41 Å². The van der Waals surface area contributed by atoms with Crippen molar-refractivity contribution in [3.05, 3.63) is 75.3 Å². The van der Waals surface area contributed by atoms with Crippen LogP contribution in [-0.4, -0.2) is 34.9 Å². The number of hydrogen-bond donors (Lipinski definition) is 1. The quantitative estimate of drug-likeness (QED) is 0.664. The van der Waals surface area contributed by atoms with E-state index in [9.17, 15) is 14.9 Å². The van der Waals surface area contributed by atoms with Crippen molar-refractivity contribution >= 4 is 11.6 Å². The van der Waals surface area contributed by atoms with Crippen molar-refractivity contribution in [3.63, 3.8) is 0 Å². The fraction of sp³-hybridized carbons (Fsp3) is 0.381. The summed E-state index contributed by atoms with van der Waals surface area (Å²) < 4.78 is 0. The van der Waals surface area contributed by atoms with Crippen molar-refractivity contribution in [1.29, 1.82) is 0 Å². The highest BCUT2D eigenvalue weighted by Gasteiger charge is 2.35. The lowest BCUT2D eigenvalue weighted by molar-refractivity contribution is -0.386. The van der Waals surface area contributed by atoms with E-state index in [-0.39, 0.29) is 29.0 Å². The van der Waals surface area contributed by atoms with Gasteiger partial charge in [-0.25, -0.2) is 0 Å². The number of rotatable bonds is 3. The highest BCUT2D eigenvalue weighted by Crippen LogP contribution is 2.33. The molecule has 1 fully saturated rings. The first kappa shape index (κ1) is 19.0. The lowest BCUT2D eigenvalue weighted by Gasteiger charge is -2.20. The molecule has 2 aromatic rings. The Bertz CT molecular complexity index is 859. The molecule has 2 atom stereocenters. The van der Waals surface area contributed by atoms with Gasteiger partial charge in [-0.05, 0) is 17.0 Å². The molecule has 142 valence electrons. The van der Waals surface area contributed by atoms with Gasteiger partial charge in [0.15, 0.2) is 0 Å². The van der Waals surface area contributed by atoms with E-state index >= 15 is 0 Å². The van der Waals surface area contributed by atoms with Gasteiger partial charge in [-0.15, -0.1) is 0 Å². The van der Waals surface area contributed by atoms with Crippen LogP contribution in [0.4, 0.5) is 5.69 Å². The fourth-order valence-corrected chi connectivity index (χ4v) is 3.68. The van der Waals surface area contributed by atoms with E-state index in [1.165, 1.54) is 6.07 Å². The summed E-state index contributed by atoms with van der Waals surface area (Å²) in [4.78, 5) is 25.7. The molecule has 0 radical (unpaired) electrons. The Labute approximate surface area is 159 Å². The Kier molecular flexibility index (Phi) is 5.02. The normalized spacial score (nSPS) is 19.9. The van der Waals surface area contributed by atoms with Crippen LogP contribution in [0.2, 0.25) is 0 Å². The van der Waals surface area contributed by atoms with Crippen molar-refractivity contribution in [3.8, 4) is 0 Å². The number of nitro benzene ring substituents is 1. The van der Waals surface area contributed by atoms with Crippen LogP contribution in [0.25, 0.3) is 0 Å². The maximum Gasteiger partial charge on any atom is 0.273 e. The minimum absolute atomic E-state index is 0.0172. The lowest BCUT2D eigenvalue weighted by atomic mass is 9.85. The minimum Gasteiger partial charge on any atom is -0.336 e. The average molecular weight is 367 g/mol. The molecule has 3 rings (SSSR count). The molecule has 1 saturated heterocycles. The van der Waals surface area contributed by atoms with Gasteiger partial charge < -0.3 is 10.6 Å². The average Bonchev–Trinajstić information content (AvgIpc) is 3.02. The van der Waals surface area contributed by atoms with Crippen molar-refractivity contribution in [2.75, 3.05) is 13.1 Å². The van der Waals surface area contributed by atoms with Crippen LogP contribution >= 0.6 is 0 Å². The van der Waals surface area contributed by atoms with Gasteiger partial charge in [0.25, 0.3) is 11.6 Å². The zero-order valence-corrected chi connectivity index (χ0v) is 15.9. The van der Waals surface area contributed by atoms with Crippen LogP contribution in [0.5, 0.6) is 0 Å². The summed E-state index contributed by atoms with van der Waals surface area (Å²) in [7, 11) is 0. The Morgan fingerprint density at radius 1 is 1.15 bits per heavy atom. The van der Waals surface area contributed by atoms with E-state index in [0.29, 0.717) is 24.2 Å². The highest BCUT2D eigenvalue weighted by molar-refractivity contribution is 5.95. The van der Waals surface area contributed by atoms with Gasteiger partial charge in [-0.1, -0.05) is 57.2 Å². The molecule has 1 amide bonds. The fourth-order valence-electron chi connectivity index (χ4n) is 3.68. The molecule has 2 N–H and O–H groups in total. The summed E-state index contributed by atoms with van der Waals surface area (Å²) in [5.74, 6) is -0.147. The van der Waals surface area contributed by atoms with Crippen LogP contribution in [0.15, 0.2) is 48.5 Å². The van der Waals surface area contributed by atoms with Crippen molar-refractivity contribution in [1.82, 2.24) is 4.90 Å². The first-order valence-corrected chi connectivity index (χ1v) is 9.07. The third kappa shape index (κ3) is 3.85. The number of nitrogens with two attached hydrogens (primary N) is 1. The number of nitrogens with zero attached hydrogens (tertiary/aromatic N) is 2. The number of carbonyl (C=O) groups is 1. The predicted octanol–water partition coefficient (Wildman–Crippen LogP) is 3.46. The zero-order chi connectivity index (χ0) is 19.8.